The topological polar surface area (TPSA) is 57.9 Å². The number of aromatic nitrogens is 2. The number of thiophene rings is 1. The van der Waals surface area contributed by atoms with E-state index in [4.69, 9.17) is 9.73 Å². The Labute approximate surface area is 213 Å². The lowest BCUT2D eigenvalue weighted by molar-refractivity contribution is -0.00809. The number of rotatable bonds is 6. The summed E-state index contributed by atoms with van der Waals surface area (Å²) < 4.78 is 7.88. The second-order valence-corrected chi connectivity index (χ2v) is 9.68. The van der Waals surface area contributed by atoms with Crippen molar-refractivity contribution in [2.24, 2.45) is 18.0 Å². The molecule has 0 amide bonds. The Morgan fingerprint density at radius 2 is 2.16 bits per heavy atom. The molecule has 2 unspecified atom stereocenters. The average molecular weight is 573 g/mol. The van der Waals surface area contributed by atoms with Crippen molar-refractivity contribution >= 4 is 41.3 Å². The second kappa shape index (κ2) is 12.3. The number of nitrogens with zero attached hydrogens (tertiary/aromatic N) is 5. The molecule has 1 N–H and O–H groups in total. The summed E-state index contributed by atoms with van der Waals surface area (Å²) in [7, 11) is 1.95. The van der Waals surface area contributed by atoms with Gasteiger partial charge in [0.15, 0.2) is 5.96 Å². The maximum Gasteiger partial charge on any atom is 0.194 e. The lowest BCUT2D eigenvalue weighted by atomic mass is 9.97. The van der Waals surface area contributed by atoms with Crippen LogP contribution < -0.4 is 5.32 Å². The van der Waals surface area contributed by atoms with Gasteiger partial charge in [-0.2, -0.15) is 5.10 Å². The minimum atomic E-state index is 0. The Morgan fingerprint density at radius 3 is 2.81 bits per heavy atom. The predicted octanol–water partition coefficient (Wildman–Crippen LogP) is 3.91. The van der Waals surface area contributed by atoms with Crippen LogP contribution in [0.4, 0.5) is 0 Å². The molecule has 32 heavy (non-hydrogen) atoms. The first-order valence-electron chi connectivity index (χ1n) is 11.5. The van der Waals surface area contributed by atoms with Crippen LogP contribution >= 0.6 is 35.3 Å². The highest BCUT2D eigenvalue weighted by molar-refractivity contribution is 14.0. The zero-order chi connectivity index (χ0) is 21.6. The van der Waals surface area contributed by atoms with E-state index < -0.39 is 0 Å². The van der Waals surface area contributed by atoms with Crippen LogP contribution in [-0.2, 0) is 11.8 Å². The Hall–Kier alpha value is -1.17. The van der Waals surface area contributed by atoms with Crippen LogP contribution in [0, 0.1) is 5.92 Å². The third-order valence-electron chi connectivity index (χ3n) is 6.34. The smallest absolute Gasteiger partial charge is 0.194 e. The number of hydrogen-bond donors (Lipinski definition) is 1. The van der Waals surface area contributed by atoms with Gasteiger partial charge in [0, 0.05) is 36.8 Å². The monoisotopic (exact) mass is 572 g/mol. The molecule has 2 saturated heterocycles. The number of aliphatic imine (C=N–C) groups is 1. The average Bonchev–Trinajstić information content (AvgIpc) is 3.47. The lowest BCUT2D eigenvalue weighted by Gasteiger charge is -2.37. The molecule has 7 nitrogen and oxygen atoms in total. The molecule has 0 aromatic carbocycles. The molecule has 0 spiro atoms. The van der Waals surface area contributed by atoms with Gasteiger partial charge < -0.3 is 15.0 Å². The molecule has 2 aromatic heterocycles. The summed E-state index contributed by atoms with van der Waals surface area (Å²) in [5.74, 6) is 1.82. The minimum Gasteiger partial charge on any atom is -0.370 e. The number of hydrogen-bond acceptors (Lipinski definition) is 5. The fourth-order valence-electron chi connectivity index (χ4n) is 4.45. The van der Waals surface area contributed by atoms with Gasteiger partial charge in [-0.1, -0.05) is 13.0 Å². The van der Waals surface area contributed by atoms with Crippen LogP contribution in [0.3, 0.4) is 0 Å². The molecule has 2 atom stereocenters. The second-order valence-electron chi connectivity index (χ2n) is 8.70. The molecule has 0 bridgehead atoms. The van der Waals surface area contributed by atoms with Gasteiger partial charge in [0.1, 0.15) is 6.10 Å². The van der Waals surface area contributed by atoms with E-state index in [2.05, 4.69) is 51.6 Å². The van der Waals surface area contributed by atoms with Crippen molar-refractivity contribution < 1.29 is 4.74 Å². The summed E-state index contributed by atoms with van der Waals surface area (Å²) in [6.07, 6.45) is 6.54. The molecule has 9 heteroatoms. The number of likely N-dealkylation sites (tertiary alicyclic amines) is 1. The van der Waals surface area contributed by atoms with Crippen molar-refractivity contribution in [3.63, 3.8) is 0 Å². The molecular weight excluding hydrogens is 535 g/mol. The predicted molar refractivity (Wildman–Crippen MR) is 142 cm³/mol. The SMILES string of the molecule is CCNC(=NCC(c1cccs1)N1CCC(C)CC1)N1CCOC(c2cnn(C)c2)C1.I. The van der Waals surface area contributed by atoms with Gasteiger partial charge in [-0.3, -0.25) is 14.6 Å². The summed E-state index contributed by atoms with van der Waals surface area (Å²) in [5.41, 5.74) is 1.13. The molecular formula is C23H37IN6OS. The van der Waals surface area contributed by atoms with Gasteiger partial charge in [0.05, 0.1) is 31.9 Å². The molecule has 4 rings (SSSR count). The highest BCUT2D eigenvalue weighted by atomic mass is 127. The van der Waals surface area contributed by atoms with Crippen molar-refractivity contribution in [2.75, 3.05) is 45.9 Å². The largest absolute Gasteiger partial charge is 0.370 e. The summed E-state index contributed by atoms with van der Waals surface area (Å²) in [4.78, 5) is 11.5. The van der Waals surface area contributed by atoms with E-state index in [0.29, 0.717) is 12.6 Å². The standard InChI is InChI=1S/C23H36N6OS.HI/c1-4-24-23(29-11-12-30-21(17-29)19-14-26-27(3)16-19)25-15-20(22-6-5-13-31-22)28-9-7-18(2)8-10-28;/h5-6,13-14,16,18,20-21H,4,7-12,15,17H2,1-3H3,(H,24,25);1H. The van der Waals surface area contributed by atoms with E-state index in [1.165, 1.54) is 17.7 Å². The van der Waals surface area contributed by atoms with Crippen LogP contribution in [0.2, 0.25) is 0 Å². The molecule has 0 radical (unpaired) electrons. The fraction of sp³-hybridized carbons (Fsp3) is 0.652. The van der Waals surface area contributed by atoms with Gasteiger partial charge in [-0.05, 0) is 50.2 Å². The Bertz CT molecular complexity index is 833. The highest BCUT2D eigenvalue weighted by Crippen LogP contribution is 2.30. The molecule has 2 fully saturated rings. The fourth-order valence-corrected chi connectivity index (χ4v) is 5.31. The summed E-state index contributed by atoms with van der Waals surface area (Å²) in [6.45, 7) is 10.8. The van der Waals surface area contributed by atoms with Crippen LogP contribution in [0.15, 0.2) is 34.9 Å². The molecule has 2 aliphatic heterocycles. The van der Waals surface area contributed by atoms with Gasteiger partial charge in [-0.25, -0.2) is 0 Å². The van der Waals surface area contributed by atoms with Crippen molar-refractivity contribution in [1.82, 2.24) is 24.9 Å². The van der Waals surface area contributed by atoms with Crippen LogP contribution in [0.1, 0.15) is 49.3 Å². The Balaban J connectivity index is 0.00000289. The van der Waals surface area contributed by atoms with E-state index in [9.17, 15) is 0 Å². The van der Waals surface area contributed by atoms with Crippen LogP contribution in [0.5, 0.6) is 0 Å². The lowest BCUT2D eigenvalue weighted by Crippen LogP contribution is -2.48. The van der Waals surface area contributed by atoms with Crippen molar-refractivity contribution in [2.45, 2.75) is 38.8 Å². The van der Waals surface area contributed by atoms with Gasteiger partial charge in [-0.15, -0.1) is 35.3 Å². The maximum atomic E-state index is 6.04. The Kier molecular flexibility index (Phi) is 9.81. The maximum absolute atomic E-state index is 6.04. The van der Waals surface area contributed by atoms with Crippen LogP contribution in [0.25, 0.3) is 0 Å². The molecule has 0 aliphatic carbocycles. The van der Waals surface area contributed by atoms with Crippen molar-refractivity contribution in [3.05, 3.63) is 40.3 Å². The zero-order valence-electron chi connectivity index (χ0n) is 19.4. The van der Waals surface area contributed by atoms with E-state index in [1.54, 1.807) is 0 Å². The first kappa shape index (κ1) is 25.5. The van der Waals surface area contributed by atoms with E-state index in [-0.39, 0.29) is 30.1 Å². The minimum absolute atomic E-state index is 0. The first-order valence-corrected chi connectivity index (χ1v) is 12.4. The third kappa shape index (κ3) is 6.45. The molecule has 2 aliphatic rings. The highest BCUT2D eigenvalue weighted by Gasteiger charge is 2.28. The molecule has 178 valence electrons. The molecule has 4 heterocycles. The van der Waals surface area contributed by atoms with Gasteiger partial charge in [0.25, 0.3) is 0 Å². The quantitative estimate of drug-likeness (QED) is 0.323. The number of guanidine groups is 1. The van der Waals surface area contributed by atoms with Gasteiger partial charge in [0.2, 0.25) is 0 Å². The van der Waals surface area contributed by atoms with Crippen LogP contribution in [-0.4, -0.2) is 71.4 Å². The number of morpholine rings is 1. The summed E-state index contributed by atoms with van der Waals surface area (Å²) in [6, 6.07) is 4.79. The number of ether oxygens (including phenoxy) is 1. The number of halogens is 1. The normalized spacial score (nSPS) is 21.9. The third-order valence-corrected chi connectivity index (χ3v) is 7.32. The van der Waals surface area contributed by atoms with E-state index >= 15 is 0 Å². The number of aryl methyl sites for hydroxylation is 1. The number of nitrogens with one attached hydrogen (secondary N) is 1. The first-order chi connectivity index (χ1) is 15.1. The zero-order valence-corrected chi connectivity index (χ0v) is 22.6. The van der Waals surface area contributed by atoms with E-state index in [0.717, 1.165) is 56.7 Å². The Morgan fingerprint density at radius 1 is 1.34 bits per heavy atom. The number of piperidine rings is 1. The van der Waals surface area contributed by atoms with E-state index in [1.807, 2.05) is 35.5 Å². The van der Waals surface area contributed by atoms with Crippen molar-refractivity contribution in [1.29, 1.82) is 0 Å². The van der Waals surface area contributed by atoms with Gasteiger partial charge >= 0.3 is 0 Å². The summed E-state index contributed by atoms with van der Waals surface area (Å²) in [5, 5.41) is 10.0. The molecule has 0 saturated carbocycles. The van der Waals surface area contributed by atoms with Crippen molar-refractivity contribution in [3.8, 4) is 0 Å². The molecule has 2 aromatic rings. The summed E-state index contributed by atoms with van der Waals surface area (Å²) >= 11 is 1.85.